The summed E-state index contributed by atoms with van der Waals surface area (Å²) in [5.41, 5.74) is 0.489. The van der Waals surface area contributed by atoms with Gasteiger partial charge in [0, 0.05) is 0 Å². The van der Waals surface area contributed by atoms with Gasteiger partial charge >= 0.3 is 12.0 Å². The van der Waals surface area contributed by atoms with Gasteiger partial charge in [-0.3, -0.25) is 14.5 Å². The number of aryl methyl sites for hydroxylation is 1. The van der Waals surface area contributed by atoms with Crippen LogP contribution in [0.3, 0.4) is 0 Å². The highest BCUT2D eigenvalue weighted by Gasteiger charge is 2.48. The van der Waals surface area contributed by atoms with Crippen LogP contribution in [-0.2, 0) is 16.1 Å². The van der Waals surface area contributed by atoms with E-state index in [-0.39, 0.29) is 6.54 Å². The highest BCUT2D eigenvalue weighted by molar-refractivity contribution is 6.08. The Morgan fingerprint density at radius 1 is 1.40 bits per heavy atom. The number of nitrogens with one attached hydrogen (secondary N) is 1. The summed E-state index contributed by atoms with van der Waals surface area (Å²) in [5.74, 6) is -1.63. The monoisotopic (exact) mass is 276 g/mol. The van der Waals surface area contributed by atoms with E-state index in [4.69, 9.17) is 5.11 Å². The van der Waals surface area contributed by atoms with E-state index < -0.39 is 29.9 Å². The zero-order valence-electron chi connectivity index (χ0n) is 11.3. The fourth-order valence-corrected chi connectivity index (χ4v) is 2.31. The quantitative estimate of drug-likeness (QED) is 0.811. The van der Waals surface area contributed by atoms with Gasteiger partial charge in [0.1, 0.15) is 5.54 Å². The van der Waals surface area contributed by atoms with E-state index in [1.807, 2.05) is 31.2 Å². The number of imide groups is 1. The third-order valence-corrected chi connectivity index (χ3v) is 3.27. The Kier molecular flexibility index (Phi) is 3.48. The maximum atomic E-state index is 12.2. The number of benzene rings is 1. The average molecular weight is 276 g/mol. The van der Waals surface area contributed by atoms with Crippen LogP contribution >= 0.6 is 0 Å². The summed E-state index contributed by atoms with van der Waals surface area (Å²) < 4.78 is 0. The number of carbonyl (C=O) groups excluding carboxylic acids is 2. The van der Waals surface area contributed by atoms with Gasteiger partial charge in [0.15, 0.2) is 0 Å². The molecule has 0 spiro atoms. The fourth-order valence-electron chi connectivity index (χ4n) is 2.31. The van der Waals surface area contributed by atoms with Crippen molar-refractivity contribution in [2.24, 2.45) is 0 Å². The van der Waals surface area contributed by atoms with E-state index in [1.165, 1.54) is 6.92 Å². The lowest BCUT2D eigenvalue weighted by Gasteiger charge is -2.19. The maximum Gasteiger partial charge on any atom is 0.325 e. The van der Waals surface area contributed by atoms with Gasteiger partial charge < -0.3 is 10.4 Å². The van der Waals surface area contributed by atoms with Crippen molar-refractivity contribution in [1.82, 2.24) is 10.2 Å². The minimum atomic E-state index is -1.37. The van der Waals surface area contributed by atoms with Crippen LogP contribution in [0.25, 0.3) is 0 Å². The lowest BCUT2D eigenvalue weighted by molar-refractivity contribution is -0.142. The Hall–Kier alpha value is -2.37. The smallest absolute Gasteiger partial charge is 0.325 e. The van der Waals surface area contributed by atoms with Crippen LogP contribution in [0.4, 0.5) is 4.79 Å². The molecule has 2 N–H and O–H groups in total. The molecule has 1 unspecified atom stereocenters. The molecular weight excluding hydrogens is 260 g/mol. The molecule has 6 heteroatoms. The molecule has 106 valence electrons. The van der Waals surface area contributed by atoms with E-state index >= 15 is 0 Å². The molecule has 6 nitrogen and oxygen atoms in total. The topological polar surface area (TPSA) is 86.7 Å². The Labute approximate surface area is 116 Å². The molecule has 1 aliphatic heterocycles. The van der Waals surface area contributed by atoms with Crippen LogP contribution in [0.2, 0.25) is 0 Å². The van der Waals surface area contributed by atoms with E-state index in [9.17, 15) is 14.4 Å². The van der Waals surface area contributed by atoms with Gasteiger partial charge in [-0.1, -0.05) is 29.8 Å². The lowest BCUT2D eigenvalue weighted by Crippen LogP contribution is -2.45. The number of aliphatic carboxylic acids is 1. The van der Waals surface area contributed by atoms with Crippen molar-refractivity contribution in [1.29, 1.82) is 0 Å². The summed E-state index contributed by atoms with van der Waals surface area (Å²) in [4.78, 5) is 36.0. The Morgan fingerprint density at radius 3 is 2.70 bits per heavy atom. The highest BCUT2D eigenvalue weighted by atomic mass is 16.4. The molecule has 0 radical (unpaired) electrons. The van der Waals surface area contributed by atoms with Crippen molar-refractivity contribution in [3.63, 3.8) is 0 Å². The molecule has 1 fully saturated rings. The van der Waals surface area contributed by atoms with E-state index in [2.05, 4.69) is 5.32 Å². The first kappa shape index (κ1) is 14.0. The van der Waals surface area contributed by atoms with Crippen LogP contribution in [0.1, 0.15) is 24.5 Å². The zero-order chi connectivity index (χ0) is 14.9. The molecule has 1 saturated heterocycles. The maximum absolute atomic E-state index is 12.2. The van der Waals surface area contributed by atoms with Crippen LogP contribution in [0.5, 0.6) is 0 Å². The summed E-state index contributed by atoms with van der Waals surface area (Å²) in [7, 11) is 0. The first-order chi connectivity index (χ1) is 9.32. The van der Waals surface area contributed by atoms with Gasteiger partial charge in [-0.2, -0.15) is 0 Å². The van der Waals surface area contributed by atoms with Gasteiger partial charge in [-0.25, -0.2) is 4.79 Å². The molecule has 20 heavy (non-hydrogen) atoms. The Morgan fingerprint density at radius 2 is 2.10 bits per heavy atom. The molecule has 2 rings (SSSR count). The van der Waals surface area contributed by atoms with Crippen molar-refractivity contribution < 1.29 is 19.5 Å². The van der Waals surface area contributed by atoms with Gasteiger partial charge in [0.25, 0.3) is 5.91 Å². The van der Waals surface area contributed by atoms with Crippen molar-refractivity contribution in [3.05, 3.63) is 35.4 Å². The van der Waals surface area contributed by atoms with Gasteiger partial charge in [0.2, 0.25) is 0 Å². The number of nitrogens with zero attached hydrogens (tertiary/aromatic N) is 1. The minimum absolute atomic E-state index is 0.140. The molecule has 0 aromatic heterocycles. The summed E-state index contributed by atoms with van der Waals surface area (Å²) >= 11 is 0. The first-order valence-electron chi connectivity index (χ1n) is 6.23. The molecule has 1 aromatic rings. The lowest BCUT2D eigenvalue weighted by atomic mass is 9.98. The molecule has 1 aliphatic rings. The van der Waals surface area contributed by atoms with Crippen LogP contribution in [-0.4, -0.2) is 33.5 Å². The third kappa shape index (κ3) is 2.64. The SMILES string of the molecule is Cc1cccc(CN2C(=O)NC(C)(CC(=O)O)C2=O)c1. The van der Waals surface area contributed by atoms with E-state index in [0.717, 1.165) is 16.0 Å². The van der Waals surface area contributed by atoms with Gasteiger partial charge in [0.05, 0.1) is 13.0 Å². The number of hydrogen-bond donors (Lipinski definition) is 2. The first-order valence-corrected chi connectivity index (χ1v) is 6.23. The normalized spacial score (nSPS) is 22.0. The van der Waals surface area contributed by atoms with Gasteiger partial charge in [-0.15, -0.1) is 0 Å². The second-order valence-corrected chi connectivity index (χ2v) is 5.21. The number of carboxylic acid groups (broad SMARTS) is 1. The van der Waals surface area contributed by atoms with Crippen molar-refractivity contribution in [2.75, 3.05) is 0 Å². The summed E-state index contributed by atoms with van der Waals surface area (Å²) in [6.45, 7) is 3.49. The Bertz CT molecular complexity index is 584. The van der Waals surface area contributed by atoms with Gasteiger partial charge in [-0.05, 0) is 19.4 Å². The van der Waals surface area contributed by atoms with Crippen LogP contribution in [0.15, 0.2) is 24.3 Å². The second kappa shape index (κ2) is 4.96. The van der Waals surface area contributed by atoms with E-state index in [0.29, 0.717) is 0 Å². The standard InChI is InChI=1S/C14H16N2O4/c1-9-4-3-5-10(6-9)8-16-12(19)14(2,7-11(17)18)15-13(16)20/h3-6H,7-8H2,1-2H3,(H,15,20)(H,17,18). The molecule has 3 amide bonds. The number of hydrogen-bond acceptors (Lipinski definition) is 3. The summed E-state index contributed by atoms with van der Waals surface area (Å²) in [5, 5.41) is 11.3. The molecule has 1 heterocycles. The van der Waals surface area contributed by atoms with Crippen molar-refractivity contribution in [3.8, 4) is 0 Å². The second-order valence-electron chi connectivity index (χ2n) is 5.21. The Balaban J connectivity index is 2.19. The molecular formula is C14H16N2O4. The van der Waals surface area contributed by atoms with Crippen LogP contribution < -0.4 is 5.32 Å². The molecule has 0 bridgehead atoms. The number of amides is 3. The number of urea groups is 1. The third-order valence-electron chi connectivity index (χ3n) is 3.27. The number of carboxylic acids is 1. The molecule has 1 aromatic carbocycles. The predicted octanol–water partition coefficient (Wildman–Crippen LogP) is 1.28. The van der Waals surface area contributed by atoms with E-state index in [1.54, 1.807) is 0 Å². The van der Waals surface area contributed by atoms with Crippen molar-refractivity contribution >= 4 is 17.9 Å². The summed E-state index contributed by atoms with van der Waals surface area (Å²) in [6, 6.07) is 6.91. The minimum Gasteiger partial charge on any atom is -0.481 e. The number of carbonyl (C=O) groups is 3. The predicted molar refractivity (Wildman–Crippen MR) is 70.9 cm³/mol. The van der Waals surface area contributed by atoms with Crippen LogP contribution in [0, 0.1) is 6.92 Å². The molecule has 0 saturated carbocycles. The zero-order valence-corrected chi connectivity index (χ0v) is 11.3. The fraction of sp³-hybridized carbons (Fsp3) is 0.357. The largest absolute Gasteiger partial charge is 0.481 e. The van der Waals surface area contributed by atoms with Crippen molar-refractivity contribution in [2.45, 2.75) is 32.4 Å². The number of rotatable bonds is 4. The summed E-state index contributed by atoms with van der Waals surface area (Å²) in [6.07, 6.45) is -0.429. The molecule has 0 aliphatic carbocycles. The molecule has 1 atom stereocenters. The highest BCUT2D eigenvalue weighted by Crippen LogP contribution is 2.23. The average Bonchev–Trinajstić information content (AvgIpc) is 2.52.